The van der Waals surface area contributed by atoms with E-state index in [4.69, 9.17) is 21.1 Å². The number of carbonyl (C=O) groups excluding carboxylic acids is 3. The zero-order chi connectivity index (χ0) is 24.5. The molecule has 8 nitrogen and oxygen atoms in total. The highest BCUT2D eigenvalue weighted by Crippen LogP contribution is 2.23. The Morgan fingerprint density at radius 2 is 1.71 bits per heavy atom. The summed E-state index contributed by atoms with van der Waals surface area (Å²) < 4.78 is 11.5. The third kappa shape index (κ3) is 7.16. The number of nitrogens with zero attached hydrogens (tertiary/aromatic N) is 1. The Hall–Kier alpha value is -3.69. The normalized spacial score (nSPS) is 10.6. The van der Waals surface area contributed by atoms with Crippen LogP contribution in [0.25, 0.3) is 0 Å². The monoisotopic (exact) mass is 543 g/mol. The molecule has 0 heterocycles. The van der Waals surface area contributed by atoms with Crippen LogP contribution in [-0.4, -0.2) is 30.6 Å². The second kappa shape index (κ2) is 12.0. The summed E-state index contributed by atoms with van der Waals surface area (Å²) in [6.45, 7) is 2.38. The van der Waals surface area contributed by atoms with Gasteiger partial charge in [-0.2, -0.15) is 5.10 Å². The Bertz CT molecular complexity index is 1210. The maximum absolute atomic E-state index is 12.4. The third-order valence-electron chi connectivity index (χ3n) is 4.25. The van der Waals surface area contributed by atoms with Gasteiger partial charge in [0, 0.05) is 20.7 Å². The summed E-state index contributed by atoms with van der Waals surface area (Å²) >= 11 is 9.18. The van der Waals surface area contributed by atoms with Gasteiger partial charge in [-0.15, -0.1) is 0 Å². The van der Waals surface area contributed by atoms with Gasteiger partial charge in [0.2, 0.25) is 0 Å². The topological polar surface area (TPSA) is 106 Å². The van der Waals surface area contributed by atoms with Crippen LogP contribution in [-0.2, 0) is 9.59 Å². The highest BCUT2D eigenvalue weighted by molar-refractivity contribution is 9.10. The van der Waals surface area contributed by atoms with Gasteiger partial charge < -0.3 is 14.8 Å². The molecule has 3 aromatic carbocycles. The van der Waals surface area contributed by atoms with Gasteiger partial charge in [-0.25, -0.2) is 10.2 Å². The number of ether oxygens (including phenoxy) is 2. The molecule has 0 aliphatic heterocycles. The summed E-state index contributed by atoms with van der Waals surface area (Å²) in [4.78, 5) is 36.6. The van der Waals surface area contributed by atoms with E-state index < -0.39 is 17.8 Å². The molecular weight excluding hydrogens is 526 g/mol. The molecule has 0 unspecified atom stereocenters. The first-order valence-corrected chi connectivity index (χ1v) is 11.2. The van der Waals surface area contributed by atoms with Crippen molar-refractivity contribution in [1.82, 2.24) is 5.43 Å². The van der Waals surface area contributed by atoms with Gasteiger partial charge in [0.15, 0.2) is 0 Å². The Balaban J connectivity index is 1.62. The molecule has 2 N–H and O–H groups in total. The molecule has 3 aromatic rings. The van der Waals surface area contributed by atoms with E-state index in [1.807, 2.05) is 6.92 Å². The van der Waals surface area contributed by atoms with Gasteiger partial charge in [0.05, 0.1) is 18.4 Å². The molecular formula is C24H19BrClN3O5. The molecule has 0 saturated carbocycles. The van der Waals surface area contributed by atoms with Crippen LogP contribution in [0.3, 0.4) is 0 Å². The van der Waals surface area contributed by atoms with Crippen molar-refractivity contribution in [3.8, 4) is 11.5 Å². The van der Waals surface area contributed by atoms with Crippen molar-refractivity contribution in [1.29, 1.82) is 0 Å². The molecule has 34 heavy (non-hydrogen) atoms. The summed E-state index contributed by atoms with van der Waals surface area (Å²) in [7, 11) is 0. The van der Waals surface area contributed by atoms with Crippen LogP contribution in [0.5, 0.6) is 11.5 Å². The predicted octanol–water partition coefficient (Wildman–Crippen LogP) is 4.81. The second-order valence-corrected chi connectivity index (χ2v) is 8.04. The molecule has 174 valence electrons. The van der Waals surface area contributed by atoms with Crippen molar-refractivity contribution in [2.45, 2.75) is 6.92 Å². The highest BCUT2D eigenvalue weighted by Gasteiger charge is 2.14. The van der Waals surface area contributed by atoms with Crippen molar-refractivity contribution < 1.29 is 23.9 Å². The molecule has 2 amide bonds. The summed E-state index contributed by atoms with van der Waals surface area (Å²) in [5.74, 6) is -1.60. The number of halogens is 2. The molecule has 0 aliphatic carbocycles. The third-order valence-corrected chi connectivity index (χ3v) is 5.00. The van der Waals surface area contributed by atoms with Crippen LogP contribution in [0, 0.1) is 0 Å². The Morgan fingerprint density at radius 3 is 2.38 bits per heavy atom. The Labute approximate surface area is 209 Å². The highest BCUT2D eigenvalue weighted by atomic mass is 79.9. The molecule has 0 radical (unpaired) electrons. The van der Waals surface area contributed by atoms with E-state index in [0.717, 1.165) is 0 Å². The Morgan fingerprint density at radius 1 is 1.00 bits per heavy atom. The number of hydrogen-bond donors (Lipinski definition) is 2. The van der Waals surface area contributed by atoms with Crippen LogP contribution in [0.2, 0.25) is 5.02 Å². The van der Waals surface area contributed by atoms with E-state index in [-0.39, 0.29) is 5.75 Å². The minimum absolute atomic E-state index is 0.208. The maximum Gasteiger partial charge on any atom is 0.343 e. The fourth-order valence-electron chi connectivity index (χ4n) is 2.66. The lowest BCUT2D eigenvalue weighted by atomic mass is 10.2. The molecule has 0 fully saturated rings. The number of rotatable bonds is 7. The van der Waals surface area contributed by atoms with E-state index >= 15 is 0 Å². The van der Waals surface area contributed by atoms with Gasteiger partial charge in [-0.1, -0.05) is 27.5 Å². The lowest BCUT2D eigenvalue weighted by molar-refractivity contribution is -0.136. The van der Waals surface area contributed by atoms with Crippen LogP contribution >= 0.6 is 27.5 Å². The first-order chi connectivity index (χ1) is 16.4. The molecule has 0 saturated heterocycles. The fourth-order valence-corrected chi connectivity index (χ4v) is 3.16. The van der Waals surface area contributed by atoms with Crippen molar-refractivity contribution in [3.05, 3.63) is 87.4 Å². The molecule has 3 rings (SSSR count). The van der Waals surface area contributed by atoms with Crippen LogP contribution in [0.1, 0.15) is 22.8 Å². The van der Waals surface area contributed by atoms with E-state index in [1.165, 1.54) is 6.21 Å². The van der Waals surface area contributed by atoms with Gasteiger partial charge in [0.25, 0.3) is 0 Å². The first-order valence-electron chi connectivity index (χ1n) is 10.00. The number of benzene rings is 3. The SMILES string of the molecule is CCOc1ccc(NC(=O)C(=O)N/N=C\c2cc(Br)ccc2OC(=O)c2ccc(Cl)cc2)cc1. The molecule has 0 aromatic heterocycles. The molecule has 0 aliphatic rings. The number of anilines is 1. The zero-order valence-electron chi connectivity index (χ0n) is 17.9. The Kier molecular flexibility index (Phi) is 8.78. The van der Waals surface area contributed by atoms with Crippen LogP contribution in [0.4, 0.5) is 5.69 Å². The molecule has 0 atom stereocenters. The smallest absolute Gasteiger partial charge is 0.343 e. The van der Waals surface area contributed by atoms with Gasteiger partial charge in [0.1, 0.15) is 11.5 Å². The average molecular weight is 545 g/mol. The summed E-state index contributed by atoms with van der Waals surface area (Å²) in [5.41, 5.74) is 3.28. The number of carbonyl (C=O) groups is 3. The number of nitrogens with one attached hydrogen (secondary N) is 2. The first kappa shape index (κ1) is 24.9. The summed E-state index contributed by atoms with van der Waals surface area (Å²) in [6, 6.07) is 17.7. The quantitative estimate of drug-likeness (QED) is 0.146. The van der Waals surface area contributed by atoms with Crippen LogP contribution < -0.4 is 20.2 Å². The molecule has 10 heteroatoms. The maximum atomic E-state index is 12.4. The fraction of sp³-hybridized carbons (Fsp3) is 0.0833. The average Bonchev–Trinajstić information content (AvgIpc) is 2.82. The van der Waals surface area contributed by atoms with Gasteiger partial charge in [-0.3, -0.25) is 9.59 Å². The molecule has 0 bridgehead atoms. The number of amides is 2. The second-order valence-electron chi connectivity index (χ2n) is 6.69. The van der Waals surface area contributed by atoms with E-state index in [9.17, 15) is 14.4 Å². The van der Waals surface area contributed by atoms with Crippen molar-refractivity contribution in [2.24, 2.45) is 5.10 Å². The standard InChI is InChI=1S/C24H19BrClN3O5/c1-2-33-20-10-8-19(9-11-20)28-22(30)23(31)29-27-14-16-13-17(25)5-12-21(16)34-24(32)15-3-6-18(26)7-4-15/h3-14H,2H2,1H3,(H,28,30)(H,29,31)/b27-14-. The summed E-state index contributed by atoms with van der Waals surface area (Å²) in [5, 5.41) is 6.76. The molecule has 0 spiro atoms. The van der Waals surface area contributed by atoms with Crippen molar-refractivity contribution in [3.63, 3.8) is 0 Å². The van der Waals surface area contributed by atoms with E-state index in [1.54, 1.807) is 66.7 Å². The van der Waals surface area contributed by atoms with Gasteiger partial charge in [-0.05, 0) is 73.7 Å². The largest absolute Gasteiger partial charge is 0.494 e. The lowest BCUT2D eigenvalue weighted by Gasteiger charge is -2.08. The van der Waals surface area contributed by atoms with E-state index in [0.29, 0.717) is 38.7 Å². The lowest BCUT2D eigenvalue weighted by Crippen LogP contribution is -2.32. The number of hydrogen-bond acceptors (Lipinski definition) is 6. The van der Waals surface area contributed by atoms with Crippen molar-refractivity contribution in [2.75, 3.05) is 11.9 Å². The minimum atomic E-state index is -0.972. The number of hydrazone groups is 1. The summed E-state index contributed by atoms with van der Waals surface area (Å²) in [6.07, 6.45) is 1.26. The zero-order valence-corrected chi connectivity index (χ0v) is 20.2. The van der Waals surface area contributed by atoms with Crippen LogP contribution in [0.15, 0.2) is 76.3 Å². The predicted molar refractivity (Wildman–Crippen MR) is 133 cm³/mol. The van der Waals surface area contributed by atoms with Crippen molar-refractivity contribution >= 4 is 57.2 Å². The van der Waals surface area contributed by atoms with Gasteiger partial charge >= 0.3 is 17.8 Å². The number of esters is 1. The van der Waals surface area contributed by atoms with E-state index in [2.05, 4.69) is 31.8 Å². The minimum Gasteiger partial charge on any atom is -0.494 e.